The first kappa shape index (κ1) is 23.7. The van der Waals surface area contributed by atoms with E-state index in [1.165, 1.54) is 16.7 Å². The number of benzene rings is 2. The summed E-state index contributed by atoms with van der Waals surface area (Å²) in [7, 11) is 0. The third kappa shape index (κ3) is 7.00. The first-order valence-corrected chi connectivity index (χ1v) is 10.4. The molecule has 29 heavy (non-hydrogen) atoms. The van der Waals surface area contributed by atoms with Crippen molar-refractivity contribution < 1.29 is 14.6 Å². The van der Waals surface area contributed by atoms with Crippen molar-refractivity contribution in [2.45, 2.75) is 51.2 Å². The molecule has 0 heterocycles. The topological polar surface area (TPSA) is 58.6 Å². The summed E-state index contributed by atoms with van der Waals surface area (Å²) in [6.45, 7) is 2.76. The number of rotatable bonds is 8. The van der Waals surface area contributed by atoms with Gasteiger partial charge in [-0.1, -0.05) is 41.9 Å². The van der Waals surface area contributed by atoms with E-state index in [1.807, 2.05) is 25.1 Å². The number of halogens is 2. The van der Waals surface area contributed by atoms with E-state index in [2.05, 4.69) is 23.5 Å². The maximum atomic E-state index is 11.6. The van der Waals surface area contributed by atoms with Crippen LogP contribution in [0.5, 0.6) is 0 Å². The molecule has 0 fully saturated rings. The Labute approximate surface area is 184 Å². The predicted molar refractivity (Wildman–Crippen MR) is 119 cm³/mol. The van der Waals surface area contributed by atoms with Crippen molar-refractivity contribution in [2.24, 2.45) is 0 Å². The van der Waals surface area contributed by atoms with Crippen LogP contribution in [0.4, 0.5) is 0 Å². The van der Waals surface area contributed by atoms with Gasteiger partial charge in [0.1, 0.15) is 0 Å². The van der Waals surface area contributed by atoms with Crippen LogP contribution in [0, 0.1) is 0 Å². The van der Waals surface area contributed by atoms with Crippen molar-refractivity contribution in [1.29, 1.82) is 0 Å². The fourth-order valence-electron chi connectivity index (χ4n) is 3.73. The Morgan fingerprint density at radius 1 is 1.28 bits per heavy atom. The molecule has 6 heteroatoms. The molecule has 0 saturated heterocycles. The van der Waals surface area contributed by atoms with Gasteiger partial charge < -0.3 is 15.2 Å². The molecule has 2 aromatic carbocycles. The van der Waals surface area contributed by atoms with Crippen LogP contribution in [-0.4, -0.2) is 30.3 Å². The molecule has 1 aliphatic rings. The van der Waals surface area contributed by atoms with Crippen LogP contribution in [0.25, 0.3) is 0 Å². The number of nitrogens with one attached hydrogen (secondary N) is 1. The minimum Gasteiger partial charge on any atom is -0.466 e. The molecule has 3 rings (SSSR count). The molecule has 0 saturated carbocycles. The Hall–Kier alpha value is -1.59. The molecular weight excluding hydrogens is 409 g/mol. The molecule has 0 radical (unpaired) electrons. The molecule has 2 atom stereocenters. The van der Waals surface area contributed by atoms with E-state index in [9.17, 15) is 9.90 Å². The molecule has 2 aromatic rings. The smallest absolute Gasteiger partial charge is 0.306 e. The normalized spacial score (nSPS) is 16.4. The van der Waals surface area contributed by atoms with Crippen molar-refractivity contribution in [2.75, 3.05) is 13.2 Å². The Balaban J connectivity index is 0.00000300. The molecule has 0 bridgehead atoms. The van der Waals surface area contributed by atoms with E-state index in [0.29, 0.717) is 37.1 Å². The summed E-state index contributed by atoms with van der Waals surface area (Å²) < 4.78 is 5.01. The van der Waals surface area contributed by atoms with Crippen molar-refractivity contribution in [3.05, 3.63) is 69.7 Å². The average molecular weight is 438 g/mol. The minimum atomic E-state index is -0.573. The van der Waals surface area contributed by atoms with E-state index in [0.717, 1.165) is 24.8 Å². The summed E-state index contributed by atoms with van der Waals surface area (Å²) in [5, 5.41) is 14.6. The van der Waals surface area contributed by atoms with E-state index < -0.39 is 6.10 Å². The molecule has 1 aliphatic carbocycles. The van der Waals surface area contributed by atoms with E-state index in [1.54, 1.807) is 6.07 Å². The number of aliphatic hydroxyl groups excluding tert-OH is 1. The fraction of sp³-hybridized carbons (Fsp3) is 0.435. The van der Waals surface area contributed by atoms with Crippen LogP contribution in [0.3, 0.4) is 0 Å². The van der Waals surface area contributed by atoms with E-state index >= 15 is 0 Å². The predicted octanol–water partition coefficient (Wildman–Crippen LogP) is 4.44. The van der Waals surface area contributed by atoms with Gasteiger partial charge in [-0.2, -0.15) is 0 Å². The number of hydrogen-bond acceptors (Lipinski definition) is 4. The second-order valence-electron chi connectivity index (χ2n) is 7.33. The summed E-state index contributed by atoms with van der Waals surface area (Å²) in [6.07, 6.45) is 3.56. The fourth-order valence-corrected chi connectivity index (χ4v) is 3.93. The van der Waals surface area contributed by atoms with Gasteiger partial charge in [0.05, 0.1) is 12.7 Å². The van der Waals surface area contributed by atoms with E-state index in [-0.39, 0.29) is 18.4 Å². The number of fused-ring (bicyclic) bond motifs is 1. The molecule has 2 N–H and O–H groups in total. The van der Waals surface area contributed by atoms with Crippen LogP contribution in [0.1, 0.15) is 48.1 Å². The maximum absolute atomic E-state index is 11.6. The highest BCUT2D eigenvalue weighted by atomic mass is 35.5. The van der Waals surface area contributed by atoms with Gasteiger partial charge in [0.25, 0.3) is 0 Å². The number of carbonyl (C=O) groups is 1. The second kappa shape index (κ2) is 11.6. The van der Waals surface area contributed by atoms with Crippen LogP contribution < -0.4 is 5.32 Å². The van der Waals surface area contributed by atoms with E-state index in [4.69, 9.17) is 16.3 Å². The van der Waals surface area contributed by atoms with Gasteiger partial charge in [-0.25, -0.2) is 0 Å². The van der Waals surface area contributed by atoms with Gasteiger partial charge in [0.15, 0.2) is 0 Å². The lowest BCUT2D eigenvalue weighted by Crippen LogP contribution is -2.37. The molecular formula is C23H29Cl2NO3. The molecule has 4 nitrogen and oxygen atoms in total. The third-order valence-corrected chi connectivity index (χ3v) is 5.49. The standard InChI is InChI=1S/C23H28ClNO3.ClH/c1-2-28-23(27)11-7-16-6-8-17-9-10-21(14-19(17)12-16)25-15-22(26)18-4-3-5-20(24)13-18;/h3-6,8,12-13,21-22,25-26H,2,7,9-11,14-15H2,1H3;1H/t21?,22-;/m0./s1. The summed E-state index contributed by atoms with van der Waals surface area (Å²) in [5.74, 6) is -0.144. The number of hydrogen-bond donors (Lipinski definition) is 2. The molecule has 0 spiro atoms. The van der Waals surface area contributed by atoms with Crippen LogP contribution in [-0.2, 0) is 28.8 Å². The maximum Gasteiger partial charge on any atom is 0.306 e. The van der Waals surface area contributed by atoms with Gasteiger partial charge in [-0.3, -0.25) is 4.79 Å². The Morgan fingerprint density at radius 3 is 2.86 bits per heavy atom. The van der Waals surface area contributed by atoms with Crippen LogP contribution in [0.2, 0.25) is 5.02 Å². The lowest BCUT2D eigenvalue weighted by Gasteiger charge is -2.27. The van der Waals surface area contributed by atoms with Gasteiger partial charge >= 0.3 is 5.97 Å². The molecule has 0 aromatic heterocycles. The summed E-state index contributed by atoms with van der Waals surface area (Å²) in [5.41, 5.74) is 4.72. The summed E-state index contributed by atoms with van der Waals surface area (Å²) in [6, 6.07) is 14.2. The zero-order chi connectivity index (χ0) is 19.9. The Morgan fingerprint density at radius 2 is 2.10 bits per heavy atom. The lowest BCUT2D eigenvalue weighted by atomic mass is 9.86. The lowest BCUT2D eigenvalue weighted by molar-refractivity contribution is -0.143. The highest BCUT2D eigenvalue weighted by Gasteiger charge is 2.20. The number of aliphatic hydroxyl groups is 1. The zero-order valence-electron chi connectivity index (χ0n) is 16.7. The van der Waals surface area contributed by atoms with Crippen LogP contribution >= 0.6 is 24.0 Å². The Kier molecular flexibility index (Phi) is 9.44. The SMILES string of the molecule is CCOC(=O)CCc1ccc2c(c1)CC(NC[C@H](O)c1cccc(Cl)c1)CC2.Cl. The minimum absolute atomic E-state index is 0. The van der Waals surface area contributed by atoms with Gasteiger partial charge in [-0.15, -0.1) is 12.4 Å². The molecule has 0 aliphatic heterocycles. The molecule has 158 valence electrons. The van der Waals surface area contributed by atoms with Crippen molar-refractivity contribution >= 4 is 30.0 Å². The number of carbonyl (C=O) groups excluding carboxylic acids is 1. The Bertz CT molecular complexity index is 812. The number of esters is 1. The zero-order valence-corrected chi connectivity index (χ0v) is 18.3. The first-order chi connectivity index (χ1) is 13.5. The van der Waals surface area contributed by atoms with Crippen molar-refractivity contribution in [3.8, 4) is 0 Å². The quantitative estimate of drug-likeness (QED) is 0.599. The van der Waals surface area contributed by atoms with Gasteiger partial charge in [0.2, 0.25) is 0 Å². The number of ether oxygens (including phenoxy) is 1. The highest BCUT2D eigenvalue weighted by molar-refractivity contribution is 6.30. The summed E-state index contributed by atoms with van der Waals surface area (Å²) >= 11 is 6.01. The van der Waals surface area contributed by atoms with Crippen molar-refractivity contribution in [3.63, 3.8) is 0 Å². The van der Waals surface area contributed by atoms with Gasteiger partial charge in [0, 0.05) is 24.0 Å². The highest BCUT2D eigenvalue weighted by Crippen LogP contribution is 2.24. The summed E-state index contributed by atoms with van der Waals surface area (Å²) in [4.78, 5) is 11.6. The average Bonchev–Trinajstić information content (AvgIpc) is 2.70. The van der Waals surface area contributed by atoms with Crippen molar-refractivity contribution in [1.82, 2.24) is 5.32 Å². The monoisotopic (exact) mass is 437 g/mol. The third-order valence-electron chi connectivity index (χ3n) is 5.26. The van der Waals surface area contributed by atoms with Gasteiger partial charge in [-0.05, 0) is 67.0 Å². The van der Waals surface area contributed by atoms with Crippen LogP contribution in [0.15, 0.2) is 42.5 Å². The number of aryl methyl sites for hydroxylation is 2. The largest absolute Gasteiger partial charge is 0.466 e. The molecule has 1 unspecified atom stereocenters. The second-order valence-corrected chi connectivity index (χ2v) is 7.76. The molecule has 0 amide bonds. The first-order valence-electron chi connectivity index (χ1n) is 9.98.